The molecule has 3 aromatic carbocycles. The summed E-state index contributed by atoms with van der Waals surface area (Å²) in [6.45, 7) is 0. The van der Waals surface area contributed by atoms with Crippen molar-refractivity contribution in [3.8, 4) is 0 Å². The van der Waals surface area contributed by atoms with E-state index in [1.54, 1.807) is 48.5 Å². The average Bonchev–Trinajstić information content (AvgIpc) is 3.66. The highest BCUT2D eigenvalue weighted by Gasteiger charge is 2.71. The van der Waals surface area contributed by atoms with Gasteiger partial charge in [0.1, 0.15) is 11.5 Å². The Balaban J connectivity index is 1.57. The molecule has 0 radical (unpaired) electrons. The lowest BCUT2D eigenvalue weighted by Crippen LogP contribution is -2.48. The van der Waals surface area contributed by atoms with Gasteiger partial charge in [-0.25, -0.2) is 0 Å². The minimum absolute atomic E-state index is 0.166. The minimum atomic E-state index is -1.68. The maximum atomic E-state index is 14.5. The van der Waals surface area contributed by atoms with E-state index in [0.29, 0.717) is 21.6 Å². The number of benzene rings is 3. The molecular weight excluding hydrogens is 512 g/mol. The summed E-state index contributed by atoms with van der Waals surface area (Å²) in [7, 11) is 0. The summed E-state index contributed by atoms with van der Waals surface area (Å²) >= 11 is 1.29. The van der Waals surface area contributed by atoms with Gasteiger partial charge in [0.15, 0.2) is 17.3 Å². The van der Waals surface area contributed by atoms with Crippen LogP contribution in [0.2, 0.25) is 0 Å². The van der Waals surface area contributed by atoms with Gasteiger partial charge in [0.05, 0.1) is 15.8 Å². The maximum Gasteiger partial charge on any atom is 0.269 e. The molecule has 0 amide bonds. The molecule has 0 unspecified atom stereocenters. The third kappa shape index (κ3) is 3.06. The quantitative estimate of drug-likeness (QED) is 0.139. The van der Waals surface area contributed by atoms with Crippen LogP contribution in [0.5, 0.6) is 0 Å². The summed E-state index contributed by atoms with van der Waals surface area (Å²) in [5.74, 6) is -1.93. The molecule has 2 aliphatic heterocycles. The Hall–Kier alpha value is -4.69. The van der Waals surface area contributed by atoms with Crippen LogP contribution in [0.15, 0.2) is 96.4 Å². The first-order valence-corrected chi connectivity index (χ1v) is 13.4. The van der Waals surface area contributed by atoms with Gasteiger partial charge < -0.3 is 4.90 Å². The fraction of sp³-hybridized carbons (Fsp3) is 0.129. The number of thiophene rings is 1. The number of fused-ring (bicyclic) bond motifs is 5. The van der Waals surface area contributed by atoms with Gasteiger partial charge in [0.2, 0.25) is 0 Å². The Morgan fingerprint density at radius 1 is 0.897 bits per heavy atom. The highest BCUT2D eigenvalue weighted by Crippen LogP contribution is 2.61. The molecule has 1 aliphatic carbocycles. The topological polar surface area (TPSA) is 97.6 Å². The van der Waals surface area contributed by atoms with Gasteiger partial charge in [0.25, 0.3) is 5.69 Å². The smallest absolute Gasteiger partial charge is 0.269 e. The molecule has 7 rings (SSSR count). The molecule has 3 aliphatic rings. The molecule has 1 saturated heterocycles. The van der Waals surface area contributed by atoms with Crippen molar-refractivity contribution < 1.29 is 19.3 Å². The number of hydrogen-bond donors (Lipinski definition) is 0. The predicted octanol–water partition coefficient (Wildman–Crippen LogP) is 5.97. The van der Waals surface area contributed by atoms with Crippen molar-refractivity contribution in [3.05, 3.63) is 134 Å². The first-order valence-electron chi connectivity index (χ1n) is 12.5. The van der Waals surface area contributed by atoms with E-state index in [1.165, 1.54) is 23.5 Å². The summed E-state index contributed by atoms with van der Waals surface area (Å²) in [6, 6.07) is 22.1. The van der Waals surface area contributed by atoms with Gasteiger partial charge in [-0.3, -0.25) is 24.5 Å². The Morgan fingerprint density at radius 3 is 2.31 bits per heavy atom. The molecule has 4 aromatic rings. The van der Waals surface area contributed by atoms with Gasteiger partial charge in [-0.1, -0.05) is 72.8 Å². The first-order chi connectivity index (χ1) is 18.9. The monoisotopic (exact) mass is 532 g/mol. The van der Waals surface area contributed by atoms with Crippen molar-refractivity contribution in [2.75, 3.05) is 4.90 Å². The van der Waals surface area contributed by atoms with Crippen LogP contribution in [-0.2, 0) is 0 Å². The molecule has 8 heteroatoms. The highest BCUT2D eigenvalue weighted by atomic mass is 32.1. The van der Waals surface area contributed by atoms with Gasteiger partial charge >= 0.3 is 0 Å². The Labute approximate surface area is 227 Å². The molecule has 39 heavy (non-hydrogen) atoms. The number of nitro groups is 1. The number of Topliss-reactive ketones (excluding diaryl/α,β-unsaturated/α-hetero) is 3. The number of non-ortho nitro benzene ring substituents is 1. The lowest BCUT2D eigenvalue weighted by Gasteiger charge is -2.37. The molecule has 1 fully saturated rings. The van der Waals surface area contributed by atoms with Crippen LogP contribution in [0.1, 0.15) is 47.4 Å². The molecule has 3 atom stereocenters. The summed E-state index contributed by atoms with van der Waals surface area (Å²) < 4.78 is 0. The van der Waals surface area contributed by atoms with E-state index in [9.17, 15) is 24.5 Å². The number of carbonyl (C=O) groups excluding carboxylic acids is 3. The Bertz CT molecular complexity index is 1710. The number of carbonyl (C=O) groups is 3. The van der Waals surface area contributed by atoms with Crippen LogP contribution in [0, 0.1) is 15.5 Å². The lowest BCUT2D eigenvalue weighted by atomic mass is 9.64. The predicted molar refractivity (Wildman–Crippen MR) is 148 cm³/mol. The summed E-state index contributed by atoms with van der Waals surface area (Å²) in [4.78, 5) is 57.1. The van der Waals surface area contributed by atoms with Crippen molar-refractivity contribution in [1.82, 2.24) is 0 Å². The highest BCUT2D eigenvalue weighted by molar-refractivity contribution is 7.12. The second kappa shape index (κ2) is 8.41. The largest absolute Gasteiger partial charge is 0.352 e. The van der Waals surface area contributed by atoms with E-state index in [0.717, 1.165) is 11.3 Å². The number of nitro benzene ring substituents is 1. The molecule has 1 aromatic heterocycles. The molecule has 0 saturated carbocycles. The van der Waals surface area contributed by atoms with Crippen LogP contribution in [-0.4, -0.2) is 34.4 Å². The van der Waals surface area contributed by atoms with E-state index in [1.807, 2.05) is 46.7 Å². The third-order valence-corrected chi connectivity index (χ3v) is 9.07. The molecule has 0 bridgehead atoms. The van der Waals surface area contributed by atoms with Crippen molar-refractivity contribution in [2.24, 2.45) is 5.41 Å². The number of ketones is 3. The van der Waals surface area contributed by atoms with Crippen LogP contribution in [0.25, 0.3) is 6.08 Å². The van der Waals surface area contributed by atoms with E-state index < -0.39 is 28.3 Å². The van der Waals surface area contributed by atoms with Crippen LogP contribution in [0.4, 0.5) is 11.4 Å². The van der Waals surface area contributed by atoms with Crippen LogP contribution < -0.4 is 4.90 Å². The molecular formula is C31H20N2O5S. The van der Waals surface area contributed by atoms with E-state index in [-0.39, 0.29) is 23.0 Å². The van der Waals surface area contributed by atoms with E-state index in [4.69, 9.17) is 0 Å². The van der Waals surface area contributed by atoms with Gasteiger partial charge in [-0.2, -0.15) is 0 Å². The zero-order valence-electron chi connectivity index (χ0n) is 20.4. The number of anilines is 1. The van der Waals surface area contributed by atoms with Crippen molar-refractivity contribution in [1.29, 1.82) is 0 Å². The molecule has 3 heterocycles. The Kier molecular flexibility index (Phi) is 5.05. The maximum absolute atomic E-state index is 14.5. The summed E-state index contributed by atoms with van der Waals surface area (Å²) in [5, 5.41) is 13.6. The Morgan fingerprint density at radius 2 is 1.62 bits per heavy atom. The second-order valence-electron chi connectivity index (χ2n) is 9.96. The van der Waals surface area contributed by atoms with Gasteiger partial charge in [-0.15, -0.1) is 11.3 Å². The molecule has 190 valence electrons. The number of rotatable bonds is 4. The fourth-order valence-corrected chi connectivity index (χ4v) is 7.38. The number of para-hydroxylation sites is 1. The minimum Gasteiger partial charge on any atom is -0.352 e. The zero-order valence-corrected chi connectivity index (χ0v) is 21.2. The van der Waals surface area contributed by atoms with E-state index in [2.05, 4.69) is 0 Å². The summed E-state index contributed by atoms with van der Waals surface area (Å²) in [5.41, 5.74) is 0.797. The van der Waals surface area contributed by atoms with Crippen molar-refractivity contribution in [2.45, 2.75) is 18.0 Å². The number of nitrogens with zero attached hydrogens (tertiary/aromatic N) is 2. The first kappa shape index (κ1) is 23.4. The average molecular weight is 533 g/mol. The molecule has 1 spiro atoms. The third-order valence-electron chi connectivity index (χ3n) is 8.19. The van der Waals surface area contributed by atoms with Crippen LogP contribution >= 0.6 is 11.3 Å². The SMILES string of the molecule is O=C(c1cccs1)[C@@H]1[C@@H](c2cccc([N+](=O)[O-])c2)C2(C(=O)c3ccccc3C2=O)[C@@H]2C=Cc3ccccc3N12. The molecule has 0 N–H and O–H groups in total. The second-order valence-corrected chi connectivity index (χ2v) is 10.9. The van der Waals surface area contributed by atoms with Crippen molar-refractivity contribution in [3.63, 3.8) is 0 Å². The van der Waals surface area contributed by atoms with E-state index >= 15 is 0 Å². The normalized spacial score (nSPS) is 22.1. The lowest BCUT2D eigenvalue weighted by molar-refractivity contribution is -0.384. The molecule has 7 nitrogen and oxygen atoms in total. The standard InChI is InChI=1S/C31H20N2O5S/c34-28(24-13-6-16-39-24)27-26(19-8-5-9-20(17-19)33(37)38)31(29(35)21-10-2-3-11-22(21)30(31)36)25-15-14-18-7-1-4-12-23(18)32(25)27/h1-17,25-27H/t25-,26+,27-/m0/s1. The number of hydrogen-bond acceptors (Lipinski definition) is 7. The fourth-order valence-electron chi connectivity index (χ4n) is 6.69. The van der Waals surface area contributed by atoms with Gasteiger partial charge in [0, 0.05) is 34.9 Å². The zero-order chi connectivity index (χ0) is 26.9. The van der Waals surface area contributed by atoms with Gasteiger partial charge in [-0.05, 0) is 28.6 Å². The van der Waals surface area contributed by atoms with Crippen LogP contribution in [0.3, 0.4) is 0 Å². The summed E-state index contributed by atoms with van der Waals surface area (Å²) in [6.07, 6.45) is 3.74. The van der Waals surface area contributed by atoms with Crippen molar-refractivity contribution >= 4 is 46.1 Å².